The molecule has 1 aliphatic heterocycles. The minimum Gasteiger partial charge on any atom is -0.469 e. The number of halogens is 1. The number of esters is 1. The molecule has 1 atom stereocenters. The van der Waals surface area contributed by atoms with Crippen molar-refractivity contribution in [2.45, 2.75) is 25.3 Å². The molecule has 0 aromatic carbocycles. The normalized spacial score (nSPS) is 21.7. The number of carbonyl (C=O) groups excluding carboxylic acids is 2. The summed E-state index contributed by atoms with van der Waals surface area (Å²) in [5.41, 5.74) is 0. The summed E-state index contributed by atoms with van der Waals surface area (Å²) >= 11 is 5.34. The average Bonchev–Trinajstić information content (AvgIpc) is 2.52. The summed E-state index contributed by atoms with van der Waals surface area (Å²) in [6.45, 7) is 0.643. The van der Waals surface area contributed by atoms with E-state index in [4.69, 9.17) is 11.6 Å². The third kappa shape index (κ3) is 2.59. The van der Waals surface area contributed by atoms with E-state index in [9.17, 15) is 9.59 Å². The molecule has 1 amide bonds. The van der Waals surface area contributed by atoms with Crippen LogP contribution in [0.1, 0.15) is 19.3 Å². The maximum absolute atomic E-state index is 10.9. The van der Waals surface area contributed by atoms with Crippen LogP contribution in [-0.2, 0) is 9.53 Å². The van der Waals surface area contributed by atoms with Crippen LogP contribution in [0.2, 0.25) is 0 Å². The standard InChI is InChI=1S/C8H12ClNO3/c1-13-7(11)5-6-3-2-4-10(6)8(9)12/h6H,2-5H2,1H3/t6-/m0/s1. The first-order valence-electron chi connectivity index (χ1n) is 4.18. The molecule has 1 heterocycles. The minimum atomic E-state index is -0.480. The van der Waals surface area contributed by atoms with E-state index in [2.05, 4.69) is 4.74 Å². The lowest BCUT2D eigenvalue weighted by molar-refractivity contribution is -0.141. The second-order valence-corrected chi connectivity index (χ2v) is 3.35. The first kappa shape index (κ1) is 10.3. The minimum absolute atomic E-state index is 0.0718. The number of hydrogen-bond donors (Lipinski definition) is 0. The van der Waals surface area contributed by atoms with Gasteiger partial charge in [-0.1, -0.05) is 0 Å². The molecular weight excluding hydrogens is 194 g/mol. The van der Waals surface area contributed by atoms with Gasteiger partial charge in [0.2, 0.25) is 0 Å². The Hall–Kier alpha value is -0.770. The van der Waals surface area contributed by atoms with E-state index in [-0.39, 0.29) is 18.4 Å². The van der Waals surface area contributed by atoms with E-state index in [1.807, 2.05) is 0 Å². The van der Waals surface area contributed by atoms with Gasteiger partial charge in [-0.3, -0.25) is 9.59 Å². The summed E-state index contributed by atoms with van der Waals surface area (Å²) in [5.74, 6) is -0.296. The molecule has 13 heavy (non-hydrogen) atoms. The van der Waals surface area contributed by atoms with Crippen LogP contribution in [0.4, 0.5) is 4.79 Å². The Morgan fingerprint density at radius 2 is 2.31 bits per heavy atom. The summed E-state index contributed by atoms with van der Waals surface area (Å²) < 4.78 is 4.52. The number of carbonyl (C=O) groups is 2. The molecule has 0 aliphatic carbocycles. The van der Waals surface area contributed by atoms with Gasteiger partial charge in [0.1, 0.15) is 0 Å². The van der Waals surface area contributed by atoms with Crippen LogP contribution >= 0.6 is 11.6 Å². The first-order chi connectivity index (χ1) is 6.15. The zero-order valence-corrected chi connectivity index (χ0v) is 8.21. The molecule has 0 N–H and O–H groups in total. The van der Waals surface area contributed by atoms with Gasteiger partial charge >= 0.3 is 11.3 Å². The van der Waals surface area contributed by atoms with Gasteiger partial charge in [0.05, 0.1) is 13.5 Å². The monoisotopic (exact) mass is 205 g/mol. The lowest BCUT2D eigenvalue weighted by atomic mass is 10.1. The van der Waals surface area contributed by atoms with Crippen LogP contribution in [-0.4, -0.2) is 35.9 Å². The summed E-state index contributed by atoms with van der Waals surface area (Å²) in [6.07, 6.45) is 1.97. The molecule has 1 saturated heterocycles. The Kier molecular flexibility index (Phi) is 3.54. The predicted molar refractivity (Wildman–Crippen MR) is 47.6 cm³/mol. The van der Waals surface area contributed by atoms with Crippen molar-refractivity contribution in [3.05, 3.63) is 0 Å². The molecule has 5 heteroatoms. The molecule has 74 valence electrons. The van der Waals surface area contributed by atoms with Crippen molar-refractivity contribution < 1.29 is 14.3 Å². The Bertz CT molecular complexity index is 219. The van der Waals surface area contributed by atoms with Crippen LogP contribution < -0.4 is 0 Å². The number of amides is 1. The zero-order valence-electron chi connectivity index (χ0n) is 7.46. The highest BCUT2D eigenvalue weighted by atomic mass is 35.5. The topological polar surface area (TPSA) is 46.6 Å². The van der Waals surface area contributed by atoms with Gasteiger partial charge < -0.3 is 9.64 Å². The van der Waals surface area contributed by atoms with E-state index < -0.39 is 5.37 Å². The van der Waals surface area contributed by atoms with Crippen molar-refractivity contribution in [3.8, 4) is 0 Å². The highest BCUT2D eigenvalue weighted by Crippen LogP contribution is 2.21. The highest BCUT2D eigenvalue weighted by Gasteiger charge is 2.29. The van der Waals surface area contributed by atoms with Crippen LogP contribution in [0.15, 0.2) is 0 Å². The fourth-order valence-corrected chi connectivity index (χ4v) is 1.78. The number of rotatable bonds is 2. The maximum Gasteiger partial charge on any atom is 0.316 e. The van der Waals surface area contributed by atoms with Crippen molar-refractivity contribution in [2.24, 2.45) is 0 Å². The molecular formula is C8H12ClNO3. The van der Waals surface area contributed by atoms with Gasteiger partial charge in [-0.25, -0.2) is 0 Å². The van der Waals surface area contributed by atoms with Gasteiger partial charge in [-0.2, -0.15) is 0 Å². The van der Waals surface area contributed by atoms with Crippen molar-refractivity contribution >= 4 is 22.9 Å². The summed E-state index contributed by atoms with van der Waals surface area (Å²) in [4.78, 5) is 23.3. The number of likely N-dealkylation sites (tertiary alicyclic amines) is 1. The highest BCUT2D eigenvalue weighted by molar-refractivity contribution is 6.62. The number of methoxy groups -OCH3 is 1. The van der Waals surface area contributed by atoms with Crippen molar-refractivity contribution in [2.75, 3.05) is 13.7 Å². The number of nitrogens with zero attached hydrogens (tertiary/aromatic N) is 1. The van der Waals surface area contributed by atoms with E-state index in [0.29, 0.717) is 6.54 Å². The molecule has 4 nitrogen and oxygen atoms in total. The Morgan fingerprint density at radius 1 is 1.62 bits per heavy atom. The third-order valence-electron chi connectivity index (χ3n) is 2.23. The summed E-state index contributed by atoms with van der Waals surface area (Å²) in [5, 5.41) is -0.480. The predicted octanol–water partition coefficient (Wildman–Crippen LogP) is 1.37. The van der Waals surface area contributed by atoms with Crippen molar-refractivity contribution in [1.29, 1.82) is 0 Å². The second-order valence-electron chi connectivity index (χ2n) is 3.02. The lowest BCUT2D eigenvalue weighted by Crippen LogP contribution is -2.33. The van der Waals surface area contributed by atoms with Gasteiger partial charge in [0.15, 0.2) is 0 Å². The lowest BCUT2D eigenvalue weighted by Gasteiger charge is -2.20. The fourth-order valence-electron chi connectivity index (χ4n) is 1.56. The van der Waals surface area contributed by atoms with E-state index >= 15 is 0 Å². The molecule has 0 bridgehead atoms. The fraction of sp³-hybridized carbons (Fsp3) is 0.750. The van der Waals surface area contributed by atoms with Crippen molar-refractivity contribution in [3.63, 3.8) is 0 Å². The van der Waals surface area contributed by atoms with E-state index in [1.165, 1.54) is 12.0 Å². The molecule has 0 aromatic heterocycles. The van der Waals surface area contributed by atoms with Crippen LogP contribution in [0.5, 0.6) is 0 Å². The molecule has 1 aliphatic rings. The SMILES string of the molecule is COC(=O)C[C@@H]1CCCN1C(=O)Cl. The smallest absolute Gasteiger partial charge is 0.316 e. The molecule has 0 saturated carbocycles. The maximum atomic E-state index is 10.9. The largest absolute Gasteiger partial charge is 0.469 e. The Balaban J connectivity index is 2.48. The average molecular weight is 206 g/mol. The van der Waals surface area contributed by atoms with Crippen molar-refractivity contribution in [1.82, 2.24) is 4.90 Å². The Labute approximate surface area is 81.8 Å². The van der Waals surface area contributed by atoms with Crippen LogP contribution in [0.25, 0.3) is 0 Å². The molecule has 0 radical (unpaired) electrons. The van der Waals surface area contributed by atoms with Gasteiger partial charge in [0, 0.05) is 12.6 Å². The van der Waals surface area contributed by atoms with E-state index in [0.717, 1.165) is 12.8 Å². The number of hydrogen-bond acceptors (Lipinski definition) is 3. The molecule has 1 rings (SSSR count). The molecule has 1 fully saturated rings. The third-order valence-corrected chi connectivity index (χ3v) is 2.45. The molecule has 0 aromatic rings. The van der Waals surface area contributed by atoms with Crippen LogP contribution in [0.3, 0.4) is 0 Å². The van der Waals surface area contributed by atoms with Crippen LogP contribution in [0, 0.1) is 0 Å². The molecule has 0 spiro atoms. The van der Waals surface area contributed by atoms with Gasteiger partial charge in [-0.05, 0) is 24.4 Å². The Morgan fingerprint density at radius 3 is 2.85 bits per heavy atom. The first-order valence-corrected chi connectivity index (χ1v) is 4.56. The summed E-state index contributed by atoms with van der Waals surface area (Å²) in [7, 11) is 1.34. The molecule has 0 unspecified atom stereocenters. The second kappa shape index (κ2) is 4.46. The van der Waals surface area contributed by atoms with E-state index in [1.54, 1.807) is 0 Å². The zero-order chi connectivity index (χ0) is 9.84. The van der Waals surface area contributed by atoms with Gasteiger partial charge in [0.25, 0.3) is 0 Å². The van der Waals surface area contributed by atoms with Gasteiger partial charge in [-0.15, -0.1) is 0 Å². The number of ether oxygens (including phenoxy) is 1. The quantitative estimate of drug-likeness (QED) is 0.389. The summed E-state index contributed by atoms with van der Waals surface area (Å²) in [6, 6.07) is -0.0718.